The first-order valence-corrected chi connectivity index (χ1v) is 13.1. The van der Waals surface area contributed by atoms with Gasteiger partial charge in [-0.15, -0.1) is 0 Å². The lowest BCUT2D eigenvalue weighted by Crippen LogP contribution is -2.20. The molecule has 0 aliphatic heterocycles. The van der Waals surface area contributed by atoms with E-state index in [9.17, 15) is 22.5 Å². The summed E-state index contributed by atoms with van der Waals surface area (Å²) in [6, 6.07) is 10.5. The summed E-state index contributed by atoms with van der Waals surface area (Å²) in [4.78, 5) is 38.6. The first kappa shape index (κ1) is 27.8. The monoisotopic (exact) mass is 561 g/mol. The Morgan fingerprint density at radius 1 is 1.05 bits per heavy atom. The average Bonchev–Trinajstić information content (AvgIpc) is 3.30. The Morgan fingerprint density at radius 2 is 1.77 bits per heavy atom. The van der Waals surface area contributed by atoms with Gasteiger partial charge in [0.2, 0.25) is 5.95 Å². The summed E-state index contributed by atoms with van der Waals surface area (Å²) in [6.07, 6.45) is -1.31. The molecule has 0 unspecified atom stereocenters. The van der Waals surface area contributed by atoms with E-state index in [1.807, 2.05) is 0 Å². The second-order valence-corrected chi connectivity index (χ2v) is 10.1. The van der Waals surface area contributed by atoms with Crippen molar-refractivity contribution in [1.82, 2.24) is 25.1 Å². The topological polar surface area (TPSA) is 154 Å². The van der Waals surface area contributed by atoms with Crippen LogP contribution in [0.15, 0.2) is 61.1 Å². The third-order valence-electron chi connectivity index (χ3n) is 5.48. The van der Waals surface area contributed by atoms with Gasteiger partial charge in [0.25, 0.3) is 5.91 Å². The van der Waals surface area contributed by atoms with Crippen LogP contribution < -0.4 is 16.0 Å². The van der Waals surface area contributed by atoms with Crippen LogP contribution in [0.4, 0.5) is 36.3 Å². The van der Waals surface area contributed by atoms with Gasteiger partial charge in [0.05, 0.1) is 23.6 Å². The highest BCUT2D eigenvalue weighted by Gasteiger charge is 2.35. The number of carbonyl (C=O) groups excluding carboxylic acids is 1. The average molecular weight is 561 g/mol. The van der Waals surface area contributed by atoms with Gasteiger partial charge < -0.3 is 25.7 Å². The Morgan fingerprint density at radius 3 is 2.36 bits per heavy atom. The summed E-state index contributed by atoms with van der Waals surface area (Å²) in [5, 5.41) is 12.0. The lowest BCUT2D eigenvalue weighted by Gasteiger charge is -2.17. The Bertz CT molecular complexity index is 1550. The van der Waals surface area contributed by atoms with E-state index in [-0.39, 0.29) is 17.2 Å². The molecule has 0 bridgehead atoms. The van der Waals surface area contributed by atoms with Crippen LogP contribution in [-0.4, -0.2) is 42.5 Å². The minimum atomic E-state index is -4.80. The molecule has 0 saturated carbocycles. The standard InChI is InChI=1S/C24H23F3N7O4P/c1-28-22(35)18-9-15(16-10-30-34(2)12-16)5-8-20(18)32-21-19(24(25,26)27)11-29-23(33-21)31-17-6-3-14(4-7-17)13-39(36,37)38/h3-12H,13H2,1-2H3,(H,28,35)(H2,36,37,38)(H2,29,31,32,33). The SMILES string of the molecule is CNC(=O)c1cc(-c2cnn(C)c2)ccc1Nc1nc(Nc2ccc(CP(=O)(O)O)cc2)ncc1C(F)(F)F. The van der Waals surface area contributed by atoms with Crippen LogP contribution in [0.1, 0.15) is 21.5 Å². The van der Waals surface area contributed by atoms with Gasteiger partial charge in [-0.2, -0.15) is 23.3 Å². The van der Waals surface area contributed by atoms with Crippen molar-refractivity contribution in [1.29, 1.82) is 0 Å². The highest BCUT2D eigenvalue weighted by molar-refractivity contribution is 7.50. The first-order valence-electron chi connectivity index (χ1n) is 11.3. The number of hydrogen-bond donors (Lipinski definition) is 5. The molecule has 0 atom stereocenters. The number of carbonyl (C=O) groups is 1. The van der Waals surface area contributed by atoms with Gasteiger partial charge in [0, 0.05) is 37.7 Å². The Balaban J connectivity index is 1.68. The van der Waals surface area contributed by atoms with Crippen molar-refractivity contribution in [3.05, 3.63) is 77.7 Å². The Kier molecular flexibility index (Phi) is 7.72. The summed E-state index contributed by atoms with van der Waals surface area (Å²) in [7, 11) is -1.12. The number of rotatable bonds is 8. The fourth-order valence-electron chi connectivity index (χ4n) is 3.66. The predicted molar refractivity (Wildman–Crippen MR) is 138 cm³/mol. The molecule has 39 heavy (non-hydrogen) atoms. The molecule has 5 N–H and O–H groups in total. The van der Waals surface area contributed by atoms with Gasteiger partial charge in [-0.25, -0.2) is 4.98 Å². The highest BCUT2D eigenvalue weighted by atomic mass is 31.2. The van der Waals surface area contributed by atoms with Crippen molar-refractivity contribution < 1.29 is 32.3 Å². The van der Waals surface area contributed by atoms with E-state index in [0.717, 1.165) is 0 Å². The van der Waals surface area contributed by atoms with Crippen LogP contribution in [-0.2, 0) is 24.0 Å². The molecule has 4 rings (SSSR count). The van der Waals surface area contributed by atoms with Crippen LogP contribution in [0.5, 0.6) is 0 Å². The summed E-state index contributed by atoms with van der Waals surface area (Å²) in [5.41, 5.74) is 1.12. The zero-order chi connectivity index (χ0) is 28.4. The van der Waals surface area contributed by atoms with Gasteiger partial charge >= 0.3 is 13.8 Å². The van der Waals surface area contributed by atoms with Crippen LogP contribution in [0.3, 0.4) is 0 Å². The van der Waals surface area contributed by atoms with Crippen molar-refractivity contribution >= 4 is 36.6 Å². The third-order valence-corrected chi connectivity index (χ3v) is 6.25. The molecule has 204 valence electrons. The van der Waals surface area contributed by atoms with Gasteiger partial charge in [-0.3, -0.25) is 14.0 Å². The zero-order valence-electron chi connectivity index (χ0n) is 20.6. The van der Waals surface area contributed by atoms with Crippen molar-refractivity contribution in [3.8, 4) is 11.1 Å². The largest absolute Gasteiger partial charge is 0.421 e. The number of halogens is 3. The van der Waals surface area contributed by atoms with Crippen molar-refractivity contribution in [2.24, 2.45) is 7.05 Å². The minimum absolute atomic E-state index is 0.0823. The maximum atomic E-state index is 13.8. The number of anilines is 4. The number of aromatic nitrogens is 4. The molecule has 0 spiro atoms. The quantitative estimate of drug-likeness (QED) is 0.197. The molecule has 11 nitrogen and oxygen atoms in total. The molecule has 2 aromatic carbocycles. The number of hydrogen-bond acceptors (Lipinski definition) is 7. The molecule has 4 aromatic rings. The van der Waals surface area contributed by atoms with Crippen molar-refractivity contribution in [3.63, 3.8) is 0 Å². The number of aryl methyl sites for hydroxylation is 1. The Hall–Kier alpha value is -4.26. The van der Waals surface area contributed by atoms with Crippen LogP contribution in [0.25, 0.3) is 11.1 Å². The van der Waals surface area contributed by atoms with Crippen LogP contribution >= 0.6 is 7.60 Å². The van der Waals surface area contributed by atoms with E-state index < -0.39 is 37.2 Å². The summed E-state index contributed by atoms with van der Waals surface area (Å²) in [6.45, 7) is 0. The molecule has 0 saturated heterocycles. The maximum Gasteiger partial charge on any atom is 0.421 e. The molecule has 2 heterocycles. The molecule has 2 aromatic heterocycles. The fraction of sp³-hybridized carbons (Fsp3) is 0.167. The maximum absolute atomic E-state index is 13.8. The van der Waals surface area contributed by atoms with E-state index >= 15 is 0 Å². The molecule has 0 radical (unpaired) electrons. The Labute approximate surface area is 220 Å². The van der Waals surface area contributed by atoms with Crippen LogP contribution in [0.2, 0.25) is 0 Å². The van der Waals surface area contributed by atoms with Crippen molar-refractivity contribution in [2.45, 2.75) is 12.3 Å². The predicted octanol–water partition coefficient (Wildman–Crippen LogP) is 4.42. The zero-order valence-corrected chi connectivity index (χ0v) is 21.5. The summed E-state index contributed by atoms with van der Waals surface area (Å²) < 4.78 is 54.2. The lowest BCUT2D eigenvalue weighted by atomic mass is 10.0. The molecule has 0 aliphatic carbocycles. The van der Waals surface area contributed by atoms with Gasteiger partial charge in [-0.05, 0) is 35.4 Å². The van der Waals surface area contributed by atoms with E-state index in [1.54, 1.807) is 30.2 Å². The van der Waals surface area contributed by atoms with E-state index in [1.165, 1.54) is 43.4 Å². The van der Waals surface area contributed by atoms with E-state index in [2.05, 4.69) is 31.0 Å². The van der Waals surface area contributed by atoms with Gasteiger partial charge in [0.15, 0.2) is 0 Å². The molecule has 0 aliphatic rings. The molecular weight excluding hydrogens is 538 g/mol. The number of benzene rings is 2. The van der Waals surface area contributed by atoms with Gasteiger partial charge in [-0.1, -0.05) is 18.2 Å². The number of nitrogens with zero attached hydrogens (tertiary/aromatic N) is 4. The van der Waals surface area contributed by atoms with Crippen LogP contribution in [0, 0.1) is 0 Å². The molecule has 0 fully saturated rings. The first-order chi connectivity index (χ1) is 18.3. The third kappa shape index (κ3) is 6.99. The second-order valence-electron chi connectivity index (χ2n) is 8.47. The fourth-order valence-corrected chi connectivity index (χ4v) is 4.34. The molecule has 1 amide bonds. The van der Waals surface area contributed by atoms with E-state index in [4.69, 9.17) is 9.79 Å². The van der Waals surface area contributed by atoms with Crippen molar-refractivity contribution in [2.75, 3.05) is 17.7 Å². The number of amides is 1. The second kappa shape index (κ2) is 10.8. The molecule has 15 heteroatoms. The van der Waals surface area contributed by atoms with E-state index in [0.29, 0.717) is 28.6 Å². The minimum Gasteiger partial charge on any atom is -0.355 e. The molecular formula is C24H23F3N7O4P. The summed E-state index contributed by atoms with van der Waals surface area (Å²) in [5.74, 6) is -1.29. The lowest BCUT2D eigenvalue weighted by molar-refractivity contribution is -0.137. The highest BCUT2D eigenvalue weighted by Crippen LogP contribution is 2.39. The smallest absolute Gasteiger partial charge is 0.355 e. The number of nitrogens with one attached hydrogen (secondary N) is 3. The van der Waals surface area contributed by atoms with Gasteiger partial charge in [0.1, 0.15) is 11.4 Å². The normalized spacial score (nSPS) is 11.8. The summed E-state index contributed by atoms with van der Waals surface area (Å²) >= 11 is 0. The number of alkyl halides is 3.